The molecular weight excluding hydrogens is 274 g/mol. The molecule has 1 aliphatic heterocycles. The van der Waals surface area contributed by atoms with Gasteiger partial charge in [0.25, 0.3) is 0 Å². The highest BCUT2D eigenvalue weighted by atomic mass is 32.2. The van der Waals surface area contributed by atoms with E-state index in [0.717, 1.165) is 29.5 Å². The van der Waals surface area contributed by atoms with Crippen molar-refractivity contribution in [3.8, 4) is 0 Å². The fourth-order valence-electron chi connectivity index (χ4n) is 1.53. The Kier molecular flexibility index (Phi) is 5.52. The van der Waals surface area contributed by atoms with E-state index in [0.29, 0.717) is 11.1 Å². The summed E-state index contributed by atoms with van der Waals surface area (Å²) in [7, 11) is 0. The van der Waals surface area contributed by atoms with E-state index in [1.54, 1.807) is 11.8 Å². The van der Waals surface area contributed by atoms with Gasteiger partial charge in [0.2, 0.25) is 5.89 Å². The van der Waals surface area contributed by atoms with Crippen LogP contribution in [0.15, 0.2) is 4.52 Å². The van der Waals surface area contributed by atoms with Crippen molar-refractivity contribution in [3.05, 3.63) is 11.7 Å². The number of thioether (sulfide) groups is 3. The van der Waals surface area contributed by atoms with Gasteiger partial charge in [-0.3, -0.25) is 0 Å². The topological polar surface area (TPSA) is 64.9 Å². The average molecular weight is 291 g/mol. The zero-order valence-corrected chi connectivity index (χ0v) is 12.2. The molecule has 0 aromatic carbocycles. The Morgan fingerprint density at radius 1 is 1.59 bits per heavy atom. The van der Waals surface area contributed by atoms with E-state index in [4.69, 9.17) is 10.3 Å². The first-order valence-corrected chi connectivity index (χ1v) is 9.18. The predicted octanol–water partition coefficient (Wildman–Crippen LogP) is 2.34. The zero-order chi connectivity index (χ0) is 12.1. The molecule has 0 bridgehead atoms. The van der Waals surface area contributed by atoms with Gasteiger partial charge in [-0.1, -0.05) is 5.16 Å². The van der Waals surface area contributed by atoms with Crippen molar-refractivity contribution in [2.45, 2.75) is 17.7 Å². The Balaban J connectivity index is 1.94. The Labute approximate surface area is 114 Å². The van der Waals surface area contributed by atoms with Gasteiger partial charge in [-0.15, -0.1) is 11.8 Å². The van der Waals surface area contributed by atoms with Crippen LogP contribution in [0.1, 0.15) is 29.4 Å². The number of rotatable bonds is 5. The van der Waals surface area contributed by atoms with E-state index in [1.165, 1.54) is 5.75 Å². The van der Waals surface area contributed by atoms with Crippen molar-refractivity contribution in [1.82, 2.24) is 10.1 Å². The highest BCUT2D eigenvalue weighted by Crippen LogP contribution is 2.35. The van der Waals surface area contributed by atoms with Crippen LogP contribution in [-0.2, 0) is 0 Å². The fraction of sp³-hybridized carbons (Fsp3) is 0.800. The van der Waals surface area contributed by atoms with Gasteiger partial charge in [0, 0.05) is 17.3 Å². The summed E-state index contributed by atoms with van der Waals surface area (Å²) in [4.78, 5) is 4.44. The third kappa shape index (κ3) is 3.81. The average Bonchev–Trinajstić information content (AvgIpc) is 2.86. The van der Waals surface area contributed by atoms with Gasteiger partial charge < -0.3 is 10.3 Å². The van der Waals surface area contributed by atoms with Gasteiger partial charge in [0.15, 0.2) is 5.82 Å². The van der Waals surface area contributed by atoms with E-state index in [9.17, 15) is 0 Å². The summed E-state index contributed by atoms with van der Waals surface area (Å²) in [6, 6.07) is -0.120. The van der Waals surface area contributed by atoms with Crippen LogP contribution in [-0.4, -0.2) is 39.4 Å². The first kappa shape index (κ1) is 13.6. The molecule has 0 radical (unpaired) electrons. The molecule has 1 aliphatic rings. The molecule has 0 amide bonds. The molecule has 0 saturated carbocycles. The van der Waals surface area contributed by atoms with Crippen molar-refractivity contribution < 1.29 is 4.52 Å². The Morgan fingerprint density at radius 2 is 2.47 bits per heavy atom. The zero-order valence-electron chi connectivity index (χ0n) is 9.80. The molecule has 1 fully saturated rings. The summed E-state index contributed by atoms with van der Waals surface area (Å²) in [5.74, 6) is 5.88. The molecule has 0 spiro atoms. The molecule has 2 rings (SSSR count). The van der Waals surface area contributed by atoms with E-state index in [2.05, 4.69) is 16.4 Å². The van der Waals surface area contributed by atoms with Crippen molar-refractivity contribution in [1.29, 1.82) is 0 Å². The van der Waals surface area contributed by atoms with Crippen LogP contribution >= 0.6 is 35.3 Å². The van der Waals surface area contributed by atoms with Gasteiger partial charge in [0.1, 0.15) is 0 Å². The third-order valence-corrected chi connectivity index (χ3v) is 5.91. The highest BCUT2D eigenvalue weighted by Gasteiger charge is 2.23. The SMILES string of the molecule is CSCC[C@H](N)c1nc(C2CSCCS2)no1. The van der Waals surface area contributed by atoms with Crippen LogP contribution in [0.25, 0.3) is 0 Å². The van der Waals surface area contributed by atoms with E-state index in [1.807, 2.05) is 23.5 Å². The van der Waals surface area contributed by atoms with Gasteiger partial charge in [-0.2, -0.15) is 28.5 Å². The monoisotopic (exact) mass is 291 g/mol. The number of nitrogens with two attached hydrogens (primary N) is 1. The lowest BCUT2D eigenvalue weighted by molar-refractivity contribution is 0.349. The van der Waals surface area contributed by atoms with Crippen molar-refractivity contribution in [2.75, 3.05) is 29.3 Å². The van der Waals surface area contributed by atoms with Crippen LogP contribution in [0, 0.1) is 0 Å². The van der Waals surface area contributed by atoms with Crippen LogP contribution < -0.4 is 5.73 Å². The van der Waals surface area contributed by atoms with Gasteiger partial charge in [-0.25, -0.2) is 0 Å². The van der Waals surface area contributed by atoms with Gasteiger partial charge in [0.05, 0.1) is 11.3 Å². The summed E-state index contributed by atoms with van der Waals surface area (Å²) in [5.41, 5.74) is 6.00. The molecule has 2 atom stereocenters. The molecule has 1 unspecified atom stereocenters. The second-order valence-corrected chi connectivity index (χ2v) is 7.26. The number of nitrogens with zero attached hydrogens (tertiary/aromatic N) is 2. The smallest absolute Gasteiger partial charge is 0.243 e. The molecule has 4 nitrogen and oxygen atoms in total. The summed E-state index contributed by atoms with van der Waals surface area (Å²) in [6.45, 7) is 0. The van der Waals surface area contributed by atoms with Crippen molar-refractivity contribution >= 4 is 35.3 Å². The molecule has 1 saturated heterocycles. The van der Waals surface area contributed by atoms with Gasteiger partial charge >= 0.3 is 0 Å². The Bertz CT molecular complexity index is 341. The lowest BCUT2D eigenvalue weighted by atomic mass is 10.2. The minimum Gasteiger partial charge on any atom is -0.338 e. The molecule has 2 N–H and O–H groups in total. The van der Waals surface area contributed by atoms with E-state index < -0.39 is 0 Å². The minimum atomic E-state index is -0.120. The molecule has 17 heavy (non-hydrogen) atoms. The minimum absolute atomic E-state index is 0.120. The van der Waals surface area contributed by atoms with Crippen LogP contribution in [0.4, 0.5) is 0 Å². The van der Waals surface area contributed by atoms with Crippen molar-refractivity contribution in [3.63, 3.8) is 0 Å². The normalized spacial score (nSPS) is 22.6. The Hall–Kier alpha value is 0.150. The highest BCUT2D eigenvalue weighted by molar-refractivity contribution is 8.06. The van der Waals surface area contributed by atoms with Crippen LogP contribution in [0.2, 0.25) is 0 Å². The fourth-order valence-corrected chi connectivity index (χ4v) is 4.61. The summed E-state index contributed by atoms with van der Waals surface area (Å²) < 4.78 is 5.26. The number of hydrogen-bond acceptors (Lipinski definition) is 7. The largest absolute Gasteiger partial charge is 0.338 e. The quantitative estimate of drug-likeness (QED) is 0.893. The first-order valence-electron chi connectivity index (χ1n) is 5.58. The van der Waals surface area contributed by atoms with Gasteiger partial charge in [-0.05, 0) is 18.4 Å². The van der Waals surface area contributed by atoms with Crippen LogP contribution in [0.5, 0.6) is 0 Å². The number of aromatic nitrogens is 2. The second-order valence-electron chi connectivity index (χ2n) is 3.81. The lowest BCUT2D eigenvalue weighted by Gasteiger charge is -2.17. The maximum Gasteiger partial charge on any atom is 0.243 e. The maximum atomic E-state index is 6.00. The van der Waals surface area contributed by atoms with Crippen molar-refractivity contribution in [2.24, 2.45) is 5.73 Å². The molecular formula is C10H17N3OS3. The summed E-state index contributed by atoms with van der Waals surface area (Å²) >= 11 is 5.64. The van der Waals surface area contributed by atoms with E-state index >= 15 is 0 Å². The maximum absolute atomic E-state index is 6.00. The molecule has 2 heterocycles. The van der Waals surface area contributed by atoms with E-state index in [-0.39, 0.29) is 6.04 Å². The lowest BCUT2D eigenvalue weighted by Crippen LogP contribution is -2.12. The standard InChI is InChI=1S/C10H17N3OS3/c1-15-3-2-7(11)10-12-9(13-14-10)8-6-16-4-5-17-8/h7-8H,2-6,11H2,1H3/t7-,8?/m0/s1. The molecule has 7 heteroatoms. The predicted molar refractivity (Wildman–Crippen MR) is 76.7 cm³/mol. The summed E-state index contributed by atoms with van der Waals surface area (Å²) in [5, 5.41) is 4.44. The molecule has 1 aromatic rings. The first-order chi connectivity index (χ1) is 8.31. The number of hydrogen-bond donors (Lipinski definition) is 1. The molecule has 1 aromatic heterocycles. The van der Waals surface area contributed by atoms with Crippen LogP contribution in [0.3, 0.4) is 0 Å². The summed E-state index contributed by atoms with van der Waals surface area (Å²) in [6.07, 6.45) is 2.96. The molecule has 0 aliphatic carbocycles. The second kappa shape index (κ2) is 6.92. The Morgan fingerprint density at radius 3 is 3.18 bits per heavy atom. The third-order valence-electron chi connectivity index (χ3n) is 2.51. The molecule has 96 valence electrons.